The predicted molar refractivity (Wildman–Crippen MR) is 48.9 cm³/mol. The fraction of sp³-hybridized carbons (Fsp3) is 0.667. The van der Waals surface area contributed by atoms with Gasteiger partial charge in [0, 0.05) is 12.6 Å². The third-order valence-electron chi connectivity index (χ3n) is 1.56. The molecule has 0 saturated carbocycles. The van der Waals surface area contributed by atoms with Crippen LogP contribution in [0.15, 0.2) is 12.2 Å². The third-order valence-corrected chi connectivity index (χ3v) is 1.56. The standard InChI is InChI=1S/C9H17NO2/c1-4-6-9(11)12-8-7-10(3)5-2/h4,6H,5,7-8H2,1-3H3/b6-4-. The molecule has 0 aromatic heterocycles. The van der Waals surface area contributed by atoms with E-state index in [-0.39, 0.29) is 5.97 Å². The monoisotopic (exact) mass is 171 g/mol. The SMILES string of the molecule is C/C=C\C(=O)OCCN(C)CC. The molecule has 0 saturated heterocycles. The molecule has 0 fully saturated rings. The van der Waals surface area contributed by atoms with Crippen LogP contribution >= 0.6 is 0 Å². The van der Waals surface area contributed by atoms with E-state index in [2.05, 4.69) is 11.8 Å². The topological polar surface area (TPSA) is 29.5 Å². The first-order chi connectivity index (χ1) is 5.70. The molecule has 0 aromatic carbocycles. The van der Waals surface area contributed by atoms with Crippen molar-refractivity contribution in [2.75, 3.05) is 26.7 Å². The fourth-order valence-corrected chi connectivity index (χ4v) is 0.644. The van der Waals surface area contributed by atoms with Crippen LogP contribution in [-0.2, 0) is 9.53 Å². The molecule has 0 aliphatic carbocycles. The lowest BCUT2D eigenvalue weighted by Crippen LogP contribution is -2.23. The maximum absolute atomic E-state index is 10.8. The molecule has 0 spiro atoms. The van der Waals surface area contributed by atoms with Gasteiger partial charge in [0.1, 0.15) is 6.61 Å². The molecule has 0 rings (SSSR count). The van der Waals surface area contributed by atoms with Crippen molar-refractivity contribution in [1.29, 1.82) is 0 Å². The van der Waals surface area contributed by atoms with Crippen molar-refractivity contribution >= 4 is 5.97 Å². The second-order valence-electron chi connectivity index (χ2n) is 2.56. The summed E-state index contributed by atoms with van der Waals surface area (Å²) in [6, 6.07) is 0. The number of likely N-dealkylation sites (N-methyl/N-ethyl adjacent to an activating group) is 1. The molecule has 0 aromatic rings. The average Bonchev–Trinajstić information content (AvgIpc) is 2.04. The Balaban J connectivity index is 3.37. The second kappa shape index (κ2) is 6.85. The number of nitrogens with zero attached hydrogens (tertiary/aromatic N) is 1. The Hall–Kier alpha value is -0.830. The third kappa shape index (κ3) is 5.92. The largest absolute Gasteiger partial charge is 0.461 e. The van der Waals surface area contributed by atoms with E-state index >= 15 is 0 Å². The summed E-state index contributed by atoms with van der Waals surface area (Å²) >= 11 is 0. The number of hydrogen-bond acceptors (Lipinski definition) is 3. The first-order valence-corrected chi connectivity index (χ1v) is 4.18. The van der Waals surface area contributed by atoms with E-state index in [0.717, 1.165) is 13.1 Å². The number of carbonyl (C=O) groups is 1. The highest BCUT2D eigenvalue weighted by atomic mass is 16.5. The van der Waals surface area contributed by atoms with Gasteiger partial charge in [-0.2, -0.15) is 0 Å². The molecule has 0 aliphatic rings. The van der Waals surface area contributed by atoms with Gasteiger partial charge in [-0.3, -0.25) is 0 Å². The maximum atomic E-state index is 10.8. The van der Waals surface area contributed by atoms with Crippen molar-refractivity contribution in [3.63, 3.8) is 0 Å². The highest BCUT2D eigenvalue weighted by molar-refractivity contribution is 5.81. The fourth-order valence-electron chi connectivity index (χ4n) is 0.644. The zero-order valence-corrected chi connectivity index (χ0v) is 8.04. The quantitative estimate of drug-likeness (QED) is 0.457. The van der Waals surface area contributed by atoms with E-state index in [1.165, 1.54) is 6.08 Å². The van der Waals surface area contributed by atoms with Crippen molar-refractivity contribution < 1.29 is 9.53 Å². The van der Waals surface area contributed by atoms with Crippen molar-refractivity contribution in [2.45, 2.75) is 13.8 Å². The lowest BCUT2D eigenvalue weighted by molar-refractivity contribution is -0.138. The molecule has 0 atom stereocenters. The summed E-state index contributed by atoms with van der Waals surface area (Å²) in [6.07, 6.45) is 3.10. The van der Waals surface area contributed by atoms with E-state index in [1.54, 1.807) is 13.0 Å². The summed E-state index contributed by atoms with van der Waals surface area (Å²) in [5.41, 5.74) is 0. The Labute approximate surface area is 74.0 Å². The van der Waals surface area contributed by atoms with Crippen LogP contribution < -0.4 is 0 Å². The number of rotatable bonds is 5. The number of hydrogen-bond donors (Lipinski definition) is 0. The van der Waals surface area contributed by atoms with Gasteiger partial charge in [-0.15, -0.1) is 0 Å². The Morgan fingerprint density at radius 2 is 2.25 bits per heavy atom. The molecule has 0 radical (unpaired) electrons. The molecule has 0 bridgehead atoms. The van der Waals surface area contributed by atoms with Crippen molar-refractivity contribution in [1.82, 2.24) is 4.90 Å². The highest BCUT2D eigenvalue weighted by Gasteiger charge is 1.97. The minimum atomic E-state index is -0.262. The second-order valence-corrected chi connectivity index (χ2v) is 2.56. The number of allylic oxidation sites excluding steroid dienone is 1. The molecule has 0 aliphatic heterocycles. The van der Waals surface area contributed by atoms with E-state index in [0.29, 0.717) is 6.61 Å². The molecule has 0 heterocycles. The van der Waals surface area contributed by atoms with Gasteiger partial charge in [-0.25, -0.2) is 4.79 Å². The average molecular weight is 171 g/mol. The summed E-state index contributed by atoms with van der Waals surface area (Å²) < 4.78 is 4.89. The Kier molecular flexibility index (Phi) is 6.38. The minimum absolute atomic E-state index is 0.262. The Morgan fingerprint density at radius 1 is 1.58 bits per heavy atom. The summed E-state index contributed by atoms with van der Waals surface area (Å²) in [6.45, 7) is 6.08. The van der Waals surface area contributed by atoms with Crippen LogP contribution in [0, 0.1) is 0 Å². The summed E-state index contributed by atoms with van der Waals surface area (Å²) in [4.78, 5) is 12.9. The molecule has 3 nitrogen and oxygen atoms in total. The molecule has 3 heteroatoms. The summed E-state index contributed by atoms with van der Waals surface area (Å²) in [7, 11) is 1.99. The van der Waals surface area contributed by atoms with Gasteiger partial charge in [0.25, 0.3) is 0 Å². The normalized spacial score (nSPS) is 11.0. The van der Waals surface area contributed by atoms with Gasteiger partial charge in [0.15, 0.2) is 0 Å². The van der Waals surface area contributed by atoms with Crippen LogP contribution in [0.25, 0.3) is 0 Å². The smallest absolute Gasteiger partial charge is 0.330 e. The first-order valence-electron chi connectivity index (χ1n) is 4.18. The van der Waals surface area contributed by atoms with Crippen LogP contribution in [0.2, 0.25) is 0 Å². The Morgan fingerprint density at radius 3 is 2.75 bits per heavy atom. The van der Waals surface area contributed by atoms with Crippen LogP contribution in [0.1, 0.15) is 13.8 Å². The number of carbonyl (C=O) groups excluding carboxylic acids is 1. The van der Waals surface area contributed by atoms with Crippen LogP contribution in [-0.4, -0.2) is 37.6 Å². The van der Waals surface area contributed by atoms with Crippen molar-refractivity contribution in [3.05, 3.63) is 12.2 Å². The van der Waals surface area contributed by atoms with E-state index < -0.39 is 0 Å². The molecule has 0 amide bonds. The molecular formula is C9H17NO2. The minimum Gasteiger partial charge on any atom is -0.461 e. The predicted octanol–water partition coefficient (Wildman–Crippen LogP) is 1.06. The van der Waals surface area contributed by atoms with Gasteiger partial charge in [0.05, 0.1) is 0 Å². The highest BCUT2D eigenvalue weighted by Crippen LogP contribution is 1.84. The molecule has 70 valence electrons. The van der Waals surface area contributed by atoms with Crippen LogP contribution in [0.5, 0.6) is 0 Å². The number of esters is 1. The van der Waals surface area contributed by atoms with E-state index in [9.17, 15) is 4.79 Å². The molecule has 0 unspecified atom stereocenters. The van der Waals surface area contributed by atoms with Crippen molar-refractivity contribution in [2.24, 2.45) is 0 Å². The van der Waals surface area contributed by atoms with Crippen molar-refractivity contribution in [3.8, 4) is 0 Å². The van der Waals surface area contributed by atoms with E-state index in [1.807, 2.05) is 7.05 Å². The lowest BCUT2D eigenvalue weighted by Gasteiger charge is -2.12. The van der Waals surface area contributed by atoms with Gasteiger partial charge in [-0.05, 0) is 20.5 Å². The molecule has 0 N–H and O–H groups in total. The van der Waals surface area contributed by atoms with E-state index in [4.69, 9.17) is 4.74 Å². The zero-order chi connectivity index (χ0) is 9.40. The molecular weight excluding hydrogens is 154 g/mol. The lowest BCUT2D eigenvalue weighted by atomic mass is 10.5. The summed E-state index contributed by atoms with van der Waals surface area (Å²) in [5, 5.41) is 0. The van der Waals surface area contributed by atoms with Gasteiger partial charge >= 0.3 is 5.97 Å². The zero-order valence-electron chi connectivity index (χ0n) is 8.04. The maximum Gasteiger partial charge on any atom is 0.330 e. The number of ether oxygens (including phenoxy) is 1. The van der Waals surface area contributed by atoms with Crippen LogP contribution in [0.3, 0.4) is 0 Å². The van der Waals surface area contributed by atoms with Gasteiger partial charge < -0.3 is 9.64 Å². The van der Waals surface area contributed by atoms with Crippen LogP contribution in [0.4, 0.5) is 0 Å². The summed E-state index contributed by atoms with van der Waals surface area (Å²) in [5.74, 6) is -0.262. The Bertz CT molecular complexity index is 155. The first kappa shape index (κ1) is 11.2. The van der Waals surface area contributed by atoms with Gasteiger partial charge in [-0.1, -0.05) is 13.0 Å². The molecule has 12 heavy (non-hydrogen) atoms. The van der Waals surface area contributed by atoms with Gasteiger partial charge in [0.2, 0.25) is 0 Å².